The summed E-state index contributed by atoms with van der Waals surface area (Å²) < 4.78 is 5.09. The van der Waals surface area contributed by atoms with Crippen LogP contribution in [0.15, 0.2) is 41.2 Å². The van der Waals surface area contributed by atoms with Crippen LogP contribution in [0.1, 0.15) is 25.0 Å². The molecule has 2 aromatic rings. The molecule has 3 nitrogen and oxygen atoms in total. The Labute approximate surface area is 125 Å². The zero-order valence-corrected chi connectivity index (χ0v) is 12.9. The first-order chi connectivity index (χ1) is 9.56. The van der Waals surface area contributed by atoms with Gasteiger partial charge in [-0.25, -0.2) is 0 Å². The normalized spacial score (nSPS) is 11.1. The van der Waals surface area contributed by atoms with Gasteiger partial charge < -0.3 is 14.6 Å². The lowest BCUT2D eigenvalue weighted by molar-refractivity contribution is 0.563. The SMILES string of the molecule is CC(C)NCc1ccc(N(C)Cc2ccoc2)c(Cl)c1. The highest BCUT2D eigenvalue weighted by atomic mass is 35.5. The quantitative estimate of drug-likeness (QED) is 0.870. The van der Waals surface area contributed by atoms with Gasteiger partial charge in [0, 0.05) is 31.7 Å². The van der Waals surface area contributed by atoms with E-state index in [2.05, 4.69) is 36.2 Å². The minimum absolute atomic E-state index is 0.470. The highest BCUT2D eigenvalue weighted by Gasteiger charge is 2.08. The van der Waals surface area contributed by atoms with Gasteiger partial charge in [0.15, 0.2) is 0 Å². The average molecular weight is 293 g/mol. The fourth-order valence-corrected chi connectivity index (χ4v) is 2.38. The molecular weight excluding hydrogens is 272 g/mol. The van der Waals surface area contributed by atoms with Crippen molar-refractivity contribution in [1.29, 1.82) is 0 Å². The largest absolute Gasteiger partial charge is 0.472 e. The summed E-state index contributed by atoms with van der Waals surface area (Å²) in [4.78, 5) is 2.12. The molecule has 1 heterocycles. The van der Waals surface area contributed by atoms with E-state index in [1.807, 2.05) is 19.2 Å². The van der Waals surface area contributed by atoms with Crippen molar-refractivity contribution in [1.82, 2.24) is 5.32 Å². The molecule has 2 rings (SSSR count). The van der Waals surface area contributed by atoms with Gasteiger partial charge in [0.2, 0.25) is 0 Å². The summed E-state index contributed by atoms with van der Waals surface area (Å²) >= 11 is 6.39. The van der Waals surface area contributed by atoms with Crippen LogP contribution in [0, 0.1) is 0 Å². The van der Waals surface area contributed by atoms with E-state index in [0.717, 1.165) is 29.4 Å². The summed E-state index contributed by atoms with van der Waals surface area (Å²) in [7, 11) is 2.03. The lowest BCUT2D eigenvalue weighted by atomic mass is 10.1. The number of hydrogen-bond donors (Lipinski definition) is 1. The van der Waals surface area contributed by atoms with E-state index in [0.29, 0.717) is 6.04 Å². The molecule has 0 saturated heterocycles. The maximum absolute atomic E-state index is 6.39. The molecule has 0 aliphatic carbocycles. The second kappa shape index (κ2) is 6.82. The standard InChI is InChI=1S/C16H21ClN2O/c1-12(2)18-9-13-4-5-16(15(17)8-13)19(3)10-14-6-7-20-11-14/h4-8,11-12,18H,9-10H2,1-3H3. The number of rotatable bonds is 6. The highest BCUT2D eigenvalue weighted by molar-refractivity contribution is 6.33. The Morgan fingerprint density at radius 3 is 2.65 bits per heavy atom. The number of anilines is 1. The minimum Gasteiger partial charge on any atom is -0.472 e. The van der Waals surface area contributed by atoms with Crippen molar-refractivity contribution in [3.05, 3.63) is 52.9 Å². The molecule has 0 atom stereocenters. The van der Waals surface area contributed by atoms with E-state index in [-0.39, 0.29) is 0 Å². The first-order valence-corrected chi connectivity index (χ1v) is 7.18. The van der Waals surface area contributed by atoms with Gasteiger partial charge in [0.05, 0.1) is 23.2 Å². The number of hydrogen-bond acceptors (Lipinski definition) is 3. The second-order valence-electron chi connectivity index (χ2n) is 5.31. The molecule has 108 valence electrons. The average Bonchev–Trinajstić information content (AvgIpc) is 2.89. The van der Waals surface area contributed by atoms with Gasteiger partial charge in [-0.2, -0.15) is 0 Å². The Kier molecular flexibility index (Phi) is 5.10. The van der Waals surface area contributed by atoms with Gasteiger partial charge in [-0.15, -0.1) is 0 Å². The third-order valence-corrected chi connectivity index (χ3v) is 3.44. The topological polar surface area (TPSA) is 28.4 Å². The molecule has 0 spiro atoms. The smallest absolute Gasteiger partial charge is 0.0952 e. The molecule has 0 saturated carbocycles. The Balaban J connectivity index is 2.05. The molecule has 1 aromatic carbocycles. The van der Waals surface area contributed by atoms with Crippen LogP contribution in [0.3, 0.4) is 0 Å². The van der Waals surface area contributed by atoms with E-state index < -0.39 is 0 Å². The van der Waals surface area contributed by atoms with Crippen LogP contribution in [-0.4, -0.2) is 13.1 Å². The van der Waals surface area contributed by atoms with Crippen molar-refractivity contribution in [2.75, 3.05) is 11.9 Å². The molecule has 0 aliphatic heterocycles. The van der Waals surface area contributed by atoms with E-state index in [1.54, 1.807) is 12.5 Å². The molecule has 0 radical (unpaired) electrons. The van der Waals surface area contributed by atoms with E-state index >= 15 is 0 Å². The second-order valence-corrected chi connectivity index (χ2v) is 5.72. The summed E-state index contributed by atoms with van der Waals surface area (Å²) in [6.07, 6.45) is 3.44. The van der Waals surface area contributed by atoms with E-state index in [1.165, 1.54) is 5.56 Å². The number of furan rings is 1. The van der Waals surface area contributed by atoms with Crippen LogP contribution in [0.25, 0.3) is 0 Å². The van der Waals surface area contributed by atoms with Gasteiger partial charge in [0.1, 0.15) is 0 Å². The van der Waals surface area contributed by atoms with Crippen LogP contribution in [0.2, 0.25) is 5.02 Å². The van der Waals surface area contributed by atoms with Crippen LogP contribution >= 0.6 is 11.6 Å². The Morgan fingerprint density at radius 1 is 1.25 bits per heavy atom. The van der Waals surface area contributed by atoms with Gasteiger partial charge in [-0.1, -0.05) is 31.5 Å². The Hall–Kier alpha value is -1.45. The molecule has 20 heavy (non-hydrogen) atoms. The van der Waals surface area contributed by atoms with Crippen molar-refractivity contribution in [3.63, 3.8) is 0 Å². The number of benzene rings is 1. The lowest BCUT2D eigenvalue weighted by Crippen LogP contribution is -2.22. The molecule has 1 aromatic heterocycles. The maximum atomic E-state index is 6.39. The van der Waals surface area contributed by atoms with Gasteiger partial charge in [-0.3, -0.25) is 0 Å². The molecule has 1 N–H and O–H groups in total. The van der Waals surface area contributed by atoms with Gasteiger partial charge >= 0.3 is 0 Å². The van der Waals surface area contributed by atoms with E-state index in [9.17, 15) is 0 Å². The van der Waals surface area contributed by atoms with Crippen molar-refractivity contribution in [2.45, 2.75) is 33.0 Å². The maximum Gasteiger partial charge on any atom is 0.0952 e. The molecule has 0 amide bonds. The van der Waals surface area contributed by atoms with Gasteiger partial charge in [-0.05, 0) is 23.8 Å². The van der Waals surface area contributed by atoms with Crippen molar-refractivity contribution >= 4 is 17.3 Å². The predicted octanol–water partition coefficient (Wildman–Crippen LogP) is 4.07. The molecule has 4 heteroatoms. The first kappa shape index (κ1) is 14.9. The summed E-state index contributed by atoms with van der Waals surface area (Å²) in [5.74, 6) is 0. The molecule has 0 unspecified atom stereocenters. The minimum atomic E-state index is 0.470. The fourth-order valence-electron chi connectivity index (χ4n) is 2.03. The lowest BCUT2D eigenvalue weighted by Gasteiger charge is -2.20. The zero-order valence-electron chi connectivity index (χ0n) is 12.2. The van der Waals surface area contributed by atoms with Crippen molar-refractivity contribution < 1.29 is 4.42 Å². The summed E-state index contributed by atoms with van der Waals surface area (Å²) in [6.45, 7) is 5.88. The fraction of sp³-hybridized carbons (Fsp3) is 0.375. The summed E-state index contributed by atoms with van der Waals surface area (Å²) in [6, 6.07) is 8.64. The van der Waals surface area contributed by atoms with Crippen LogP contribution in [-0.2, 0) is 13.1 Å². The van der Waals surface area contributed by atoms with E-state index in [4.69, 9.17) is 16.0 Å². The molecule has 0 bridgehead atoms. The summed E-state index contributed by atoms with van der Waals surface area (Å²) in [5, 5.41) is 4.17. The van der Waals surface area contributed by atoms with Gasteiger partial charge in [0.25, 0.3) is 0 Å². The van der Waals surface area contributed by atoms with Crippen LogP contribution in [0.5, 0.6) is 0 Å². The molecule has 0 aliphatic rings. The third kappa shape index (κ3) is 4.02. The number of nitrogens with one attached hydrogen (secondary N) is 1. The Bertz CT molecular complexity index is 537. The van der Waals surface area contributed by atoms with Crippen molar-refractivity contribution in [3.8, 4) is 0 Å². The Morgan fingerprint density at radius 2 is 2.05 bits per heavy atom. The van der Waals surface area contributed by atoms with Crippen molar-refractivity contribution in [2.24, 2.45) is 0 Å². The van der Waals surface area contributed by atoms with Crippen LogP contribution < -0.4 is 10.2 Å². The molecule has 0 fully saturated rings. The zero-order chi connectivity index (χ0) is 14.5. The van der Waals surface area contributed by atoms with Crippen LogP contribution in [0.4, 0.5) is 5.69 Å². The predicted molar refractivity (Wildman–Crippen MR) is 84.2 cm³/mol. The number of halogens is 1. The first-order valence-electron chi connectivity index (χ1n) is 6.80. The molecular formula is C16H21ClN2O. The summed E-state index contributed by atoms with van der Waals surface area (Å²) in [5.41, 5.74) is 3.36. The third-order valence-electron chi connectivity index (χ3n) is 3.14. The number of nitrogens with zero attached hydrogens (tertiary/aromatic N) is 1. The highest BCUT2D eigenvalue weighted by Crippen LogP contribution is 2.27. The monoisotopic (exact) mass is 292 g/mol.